The van der Waals surface area contributed by atoms with Crippen molar-refractivity contribution < 1.29 is 4.92 Å². The van der Waals surface area contributed by atoms with E-state index in [1.807, 2.05) is 6.20 Å². The van der Waals surface area contributed by atoms with E-state index in [1.165, 1.54) is 6.07 Å². The summed E-state index contributed by atoms with van der Waals surface area (Å²) >= 11 is 0. The Morgan fingerprint density at radius 2 is 2.29 bits per heavy atom. The maximum Gasteiger partial charge on any atom is 0.269 e. The number of fused-ring (bicyclic) bond motifs is 1. The van der Waals surface area contributed by atoms with Gasteiger partial charge in [0, 0.05) is 44.2 Å². The van der Waals surface area contributed by atoms with Crippen LogP contribution in [0.1, 0.15) is 11.4 Å². The van der Waals surface area contributed by atoms with E-state index in [9.17, 15) is 10.1 Å². The smallest absolute Gasteiger partial charge is 0.269 e. The number of nitrogen functional groups attached to an aromatic ring is 1. The zero-order valence-electron chi connectivity index (χ0n) is 11.4. The van der Waals surface area contributed by atoms with Crippen LogP contribution in [-0.2, 0) is 19.6 Å². The topological polar surface area (TPSA) is 102 Å². The predicted octanol–water partition coefficient (Wildman–Crippen LogP) is 1.09. The van der Waals surface area contributed by atoms with Crippen molar-refractivity contribution in [3.63, 3.8) is 0 Å². The summed E-state index contributed by atoms with van der Waals surface area (Å²) in [5, 5.41) is 10.9. The summed E-state index contributed by atoms with van der Waals surface area (Å²) in [6, 6.07) is 4.65. The molecule has 1 aliphatic heterocycles. The molecule has 1 aromatic heterocycles. The average molecular weight is 288 g/mol. The highest BCUT2D eigenvalue weighted by molar-refractivity contribution is 5.55. The second-order valence-electron chi connectivity index (χ2n) is 4.99. The van der Waals surface area contributed by atoms with Crippen molar-refractivity contribution in [2.45, 2.75) is 19.6 Å². The van der Waals surface area contributed by atoms with E-state index in [2.05, 4.69) is 19.9 Å². The van der Waals surface area contributed by atoms with Gasteiger partial charge in [-0.1, -0.05) is 0 Å². The van der Waals surface area contributed by atoms with Crippen LogP contribution in [-0.4, -0.2) is 25.9 Å². The highest BCUT2D eigenvalue weighted by Gasteiger charge is 2.19. The second-order valence-corrected chi connectivity index (χ2v) is 4.99. The Balaban J connectivity index is 1.81. The Kier molecular flexibility index (Phi) is 3.55. The lowest BCUT2D eigenvalue weighted by molar-refractivity contribution is -0.384. The number of nitrogens with zero attached hydrogens (tertiary/aromatic N) is 4. The summed E-state index contributed by atoms with van der Waals surface area (Å²) in [4.78, 5) is 17.0. The standard InChI is InChI=1S/C13H16N6O2/c14-16-12-2-1-11(19(20)21)7-10(12)8-17-5-6-18-4-3-15-13(18)9-17/h1-4,7,16H,5-6,8-9,14H2. The van der Waals surface area contributed by atoms with Gasteiger partial charge in [0.05, 0.1) is 17.2 Å². The molecule has 0 atom stereocenters. The number of non-ortho nitro benzene ring substituents is 1. The normalized spacial score (nSPS) is 14.7. The molecule has 0 amide bonds. The molecule has 8 nitrogen and oxygen atoms in total. The number of aromatic nitrogens is 2. The summed E-state index contributed by atoms with van der Waals surface area (Å²) < 4.78 is 2.12. The number of hydrogen-bond donors (Lipinski definition) is 2. The monoisotopic (exact) mass is 288 g/mol. The van der Waals surface area contributed by atoms with Gasteiger partial charge in [0.15, 0.2) is 0 Å². The Morgan fingerprint density at radius 1 is 1.43 bits per heavy atom. The van der Waals surface area contributed by atoms with Gasteiger partial charge >= 0.3 is 0 Å². The van der Waals surface area contributed by atoms with Gasteiger partial charge in [-0.25, -0.2) is 4.98 Å². The molecule has 0 saturated heterocycles. The van der Waals surface area contributed by atoms with Gasteiger partial charge in [0.2, 0.25) is 0 Å². The van der Waals surface area contributed by atoms with Crippen molar-refractivity contribution in [1.29, 1.82) is 0 Å². The van der Waals surface area contributed by atoms with E-state index in [0.29, 0.717) is 12.2 Å². The van der Waals surface area contributed by atoms with E-state index in [0.717, 1.165) is 31.0 Å². The van der Waals surface area contributed by atoms with Crippen LogP contribution in [0.5, 0.6) is 0 Å². The molecule has 1 aromatic carbocycles. The third-order valence-corrected chi connectivity index (χ3v) is 3.67. The van der Waals surface area contributed by atoms with Crippen LogP contribution in [0.25, 0.3) is 0 Å². The fraction of sp³-hybridized carbons (Fsp3) is 0.308. The zero-order chi connectivity index (χ0) is 14.8. The number of imidazole rings is 1. The number of nitro groups is 1. The lowest BCUT2D eigenvalue weighted by atomic mass is 10.1. The van der Waals surface area contributed by atoms with Crippen LogP contribution in [0.4, 0.5) is 11.4 Å². The lowest BCUT2D eigenvalue weighted by Gasteiger charge is -2.28. The quantitative estimate of drug-likeness (QED) is 0.496. The molecule has 0 fully saturated rings. The first-order valence-electron chi connectivity index (χ1n) is 6.63. The molecule has 3 N–H and O–H groups in total. The first kappa shape index (κ1) is 13.5. The van der Waals surface area contributed by atoms with Gasteiger partial charge in [0.1, 0.15) is 5.82 Å². The Labute approximate surface area is 121 Å². The van der Waals surface area contributed by atoms with Crippen molar-refractivity contribution in [1.82, 2.24) is 14.5 Å². The Morgan fingerprint density at radius 3 is 3.05 bits per heavy atom. The minimum atomic E-state index is -0.396. The first-order chi connectivity index (χ1) is 10.2. The third kappa shape index (κ3) is 2.71. The molecular weight excluding hydrogens is 272 g/mol. The summed E-state index contributed by atoms with van der Waals surface area (Å²) in [5.41, 5.74) is 4.18. The van der Waals surface area contributed by atoms with Crippen LogP contribution < -0.4 is 11.3 Å². The fourth-order valence-corrected chi connectivity index (χ4v) is 2.56. The predicted molar refractivity (Wildman–Crippen MR) is 77.2 cm³/mol. The van der Waals surface area contributed by atoms with Crippen molar-refractivity contribution in [2.75, 3.05) is 12.0 Å². The third-order valence-electron chi connectivity index (χ3n) is 3.67. The van der Waals surface area contributed by atoms with Gasteiger partial charge < -0.3 is 9.99 Å². The summed E-state index contributed by atoms with van der Waals surface area (Å²) in [6.07, 6.45) is 3.76. The van der Waals surface area contributed by atoms with Crippen molar-refractivity contribution in [3.05, 3.63) is 52.1 Å². The number of hydrazine groups is 1. The average Bonchev–Trinajstić information content (AvgIpc) is 2.94. The summed E-state index contributed by atoms with van der Waals surface area (Å²) in [5.74, 6) is 6.50. The number of rotatable bonds is 4. The maximum absolute atomic E-state index is 10.9. The van der Waals surface area contributed by atoms with E-state index in [1.54, 1.807) is 18.3 Å². The SMILES string of the molecule is NNc1ccc([N+](=O)[O-])cc1CN1CCn2ccnc2C1. The largest absolute Gasteiger partial charge is 0.333 e. The molecule has 0 unspecified atom stereocenters. The Bertz CT molecular complexity index is 668. The molecule has 3 rings (SSSR count). The molecule has 0 radical (unpaired) electrons. The van der Waals surface area contributed by atoms with E-state index < -0.39 is 4.92 Å². The number of benzene rings is 1. The van der Waals surface area contributed by atoms with Crippen molar-refractivity contribution in [2.24, 2.45) is 5.84 Å². The van der Waals surface area contributed by atoms with E-state index in [-0.39, 0.29) is 5.69 Å². The molecule has 110 valence electrons. The lowest BCUT2D eigenvalue weighted by Crippen LogP contribution is -2.33. The van der Waals surface area contributed by atoms with Crippen LogP contribution in [0.3, 0.4) is 0 Å². The van der Waals surface area contributed by atoms with Gasteiger partial charge in [0.25, 0.3) is 5.69 Å². The number of nitrogens with two attached hydrogens (primary N) is 1. The molecule has 2 heterocycles. The van der Waals surface area contributed by atoms with Crippen molar-refractivity contribution >= 4 is 11.4 Å². The van der Waals surface area contributed by atoms with Crippen molar-refractivity contribution in [3.8, 4) is 0 Å². The molecule has 1 aliphatic rings. The molecule has 0 saturated carbocycles. The molecule has 21 heavy (non-hydrogen) atoms. The first-order valence-corrected chi connectivity index (χ1v) is 6.63. The summed E-state index contributed by atoms with van der Waals surface area (Å²) in [6.45, 7) is 3.06. The molecule has 0 spiro atoms. The van der Waals surface area contributed by atoms with E-state index >= 15 is 0 Å². The molecular formula is C13H16N6O2. The van der Waals surface area contributed by atoms with Gasteiger partial charge in [-0.05, 0) is 11.6 Å². The number of hydrogen-bond acceptors (Lipinski definition) is 6. The van der Waals surface area contributed by atoms with Crippen LogP contribution in [0.2, 0.25) is 0 Å². The zero-order valence-corrected chi connectivity index (χ0v) is 11.4. The number of anilines is 1. The van der Waals surface area contributed by atoms with Gasteiger partial charge in [-0.2, -0.15) is 0 Å². The van der Waals surface area contributed by atoms with Crippen LogP contribution in [0, 0.1) is 10.1 Å². The van der Waals surface area contributed by atoms with Crippen LogP contribution in [0.15, 0.2) is 30.6 Å². The Hall–Kier alpha value is -2.45. The van der Waals surface area contributed by atoms with E-state index in [4.69, 9.17) is 5.84 Å². The number of nitro benzene ring substituents is 1. The maximum atomic E-state index is 10.9. The van der Waals surface area contributed by atoms with Crippen LogP contribution >= 0.6 is 0 Å². The molecule has 8 heteroatoms. The fourth-order valence-electron chi connectivity index (χ4n) is 2.56. The second kappa shape index (κ2) is 5.51. The minimum Gasteiger partial charge on any atom is -0.333 e. The van der Waals surface area contributed by atoms with Gasteiger partial charge in [-0.3, -0.25) is 20.9 Å². The van der Waals surface area contributed by atoms with Gasteiger partial charge in [-0.15, -0.1) is 0 Å². The minimum absolute atomic E-state index is 0.0718. The molecule has 0 bridgehead atoms. The molecule has 2 aromatic rings. The molecule has 0 aliphatic carbocycles. The highest BCUT2D eigenvalue weighted by atomic mass is 16.6. The number of nitrogens with one attached hydrogen (secondary N) is 1. The summed E-state index contributed by atoms with van der Waals surface area (Å²) in [7, 11) is 0. The highest BCUT2D eigenvalue weighted by Crippen LogP contribution is 2.24.